The average molecular weight is 656 g/mol. The van der Waals surface area contributed by atoms with Crippen molar-refractivity contribution >= 4 is 65.6 Å². The van der Waals surface area contributed by atoms with Crippen LogP contribution in [0, 0.1) is 33.5 Å². The lowest BCUT2D eigenvalue weighted by atomic mass is 10.1. The minimum absolute atomic E-state index is 0.0266. The molecule has 1 aliphatic heterocycles. The van der Waals surface area contributed by atoms with Gasteiger partial charge in [-0.15, -0.1) is 22.7 Å². The Morgan fingerprint density at radius 2 is 1.63 bits per heavy atom. The molecule has 0 spiro atoms. The quantitative estimate of drug-likeness (QED) is 0.153. The Balaban J connectivity index is 0.000000122. The molecule has 46 heavy (non-hydrogen) atoms. The molecule has 0 fully saturated rings. The number of aryl methyl sites for hydroxylation is 4. The third kappa shape index (κ3) is 7.89. The van der Waals surface area contributed by atoms with E-state index in [-0.39, 0.29) is 29.6 Å². The lowest BCUT2D eigenvalue weighted by Gasteiger charge is -2.18. The number of thiazole rings is 2. The van der Waals surface area contributed by atoms with Crippen molar-refractivity contribution in [3.8, 4) is 11.5 Å². The van der Waals surface area contributed by atoms with Crippen LogP contribution in [0.1, 0.15) is 22.4 Å². The lowest BCUT2D eigenvalue weighted by molar-refractivity contribution is -0.118. The molecule has 0 radical (unpaired) electrons. The number of aromatic hydroxyl groups is 1. The van der Waals surface area contributed by atoms with Crippen molar-refractivity contribution in [1.82, 2.24) is 19.9 Å². The van der Waals surface area contributed by atoms with Gasteiger partial charge < -0.3 is 20.1 Å². The number of hydrogen-bond donors (Lipinski definition) is 3. The molecule has 12 heteroatoms. The first-order chi connectivity index (χ1) is 22.1. The number of pyridine rings is 2. The minimum atomic E-state index is -0.324. The molecule has 0 saturated heterocycles. The highest BCUT2D eigenvalue weighted by atomic mass is 32.1. The van der Waals surface area contributed by atoms with Gasteiger partial charge in [0.05, 0.1) is 32.3 Å². The standard InChI is InChI=1S/C10H9NO2.C9H8FNO2.C8H7NS.C7H6N2S/c1-6-5-7-3-2-4-8(12)9(7)10(13)11-6;1-5-2-7-8(3-6(5)10)13-4-9(12)11-7;1-6-2-3-8-7(4-6)9-5-10-8;1-5-2-6-7(8-3-5)10-4-9-6/h2-5,12H,1H3,(H,11,13);2-3H,4H2,1H3,(H,11,12);2-5H,1H3;2-4H,1H3. The fourth-order valence-electron chi connectivity index (χ4n) is 4.47. The number of nitrogens with one attached hydrogen (secondary N) is 2. The van der Waals surface area contributed by atoms with Crippen LogP contribution in [0.2, 0.25) is 0 Å². The topological polar surface area (TPSA) is 130 Å². The van der Waals surface area contributed by atoms with Crippen molar-refractivity contribution in [2.45, 2.75) is 27.7 Å². The Kier molecular flexibility index (Phi) is 9.99. The number of aromatic amines is 1. The Hall–Kier alpha value is -5.20. The first kappa shape index (κ1) is 32.2. The number of hydrogen-bond acceptors (Lipinski definition) is 9. The van der Waals surface area contributed by atoms with Crippen molar-refractivity contribution in [3.05, 3.63) is 116 Å². The molecular formula is C34H30FN5O4S2. The van der Waals surface area contributed by atoms with Crippen molar-refractivity contribution < 1.29 is 19.0 Å². The van der Waals surface area contributed by atoms with Crippen molar-refractivity contribution in [3.63, 3.8) is 0 Å². The monoisotopic (exact) mass is 655 g/mol. The van der Waals surface area contributed by atoms with Gasteiger partial charge >= 0.3 is 0 Å². The molecule has 8 rings (SSSR count). The van der Waals surface area contributed by atoms with Gasteiger partial charge in [-0.3, -0.25) is 9.59 Å². The summed E-state index contributed by atoms with van der Waals surface area (Å²) in [6.45, 7) is 7.50. The van der Waals surface area contributed by atoms with Gasteiger partial charge in [0, 0.05) is 18.0 Å². The van der Waals surface area contributed by atoms with Gasteiger partial charge in [0.1, 0.15) is 27.7 Å². The highest BCUT2D eigenvalue weighted by molar-refractivity contribution is 7.16. The van der Waals surface area contributed by atoms with Gasteiger partial charge in [0.2, 0.25) is 0 Å². The third-order valence-electron chi connectivity index (χ3n) is 6.69. The molecule has 0 bridgehead atoms. The number of nitrogens with zero attached hydrogens (tertiary/aromatic N) is 3. The van der Waals surface area contributed by atoms with Crippen LogP contribution in [0.15, 0.2) is 82.7 Å². The van der Waals surface area contributed by atoms with E-state index in [1.54, 1.807) is 47.8 Å². The van der Waals surface area contributed by atoms with E-state index in [1.165, 1.54) is 28.0 Å². The number of rotatable bonds is 0. The molecule has 5 heterocycles. The van der Waals surface area contributed by atoms with Crippen LogP contribution < -0.4 is 15.6 Å². The van der Waals surface area contributed by atoms with Crippen LogP contribution in [0.25, 0.3) is 31.3 Å². The van der Waals surface area contributed by atoms with E-state index in [0.29, 0.717) is 22.4 Å². The number of phenols is 1. The van der Waals surface area contributed by atoms with Crippen LogP contribution in [-0.2, 0) is 4.79 Å². The predicted molar refractivity (Wildman–Crippen MR) is 183 cm³/mol. The number of halogens is 1. The smallest absolute Gasteiger partial charge is 0.262 e. The molecule has 0 atom stereocenters. The maximum absolute atomic E-state index is 13.0. The normalized spacial score (nSPS) is 11.6. The average Bonchev–Trinajstić information content (AvgIpc) is 3.68. The molecule has 9 nitrogen and oxygen atoms in total. The van der Waals surface area contributed by atoms with Crippen LogP contribution in [-0.4, -0.2) is 37.6 Å². The van der Waals surface area contributed by atoms with Crippen molar-refractivity contribution in [2.75, 3.05) is 11.9 Å². The maximum atomic E-state index is 13.0. The second-order valence-corrected chi connectivity index (χ2v) is 12.2. The summed E-state index contributed by atoms with van der Waals surface area (Å²) < 4.78 is 19.3. The van der Waals surface area contributed by atoms with E-state index in [1.807, 2.05) is 43.2 Å². The van der Waals surface area contributed by atoms with Gasteiger partial charge in [-0.1, -0.05) is 18.2 Å². The number of carbonyl (C=O) groups is 1. The Morgan fingerprint density at radius 1 is 0.870 bits per heavy atom. The summed E-state index contributed by atoms with van der Waals surface area (Å²) >= 11 is 3.26. The zero-order valence-corrected chi connectivity index (χ0v) is 27.1. The SMILES string of the molecule is Cc1cc2c(cc1F)OCC(=O)N2.Cc1cc2cccc(O)c2c(=O)[nH]1.Cc1ccc2scnc2c1.Cc1cnc2scnc2c1. The summed E-state index contributed by atoms with van der Waals surface area (Å²) in [6.07, 6.45) is 1.86. The van der Waals surface area contributed by atoms with Gasteiger partial charge in [-0.05, 0) is 86.2 Å². The molecule has 1 aliphatic rings. The van der Waals surface area contributed by atoms with E-state index in [4.69, 9.17) is 4.74 Å². The molecule has 0 aliphatic carbocycles. The van der Waals surface area contributed by atoms with Gasteiger partial charge in [-0.2, -0.15) is 0 Å². The summed E-state index contributed by atoms with van der Waals surface area (Å²) in [5.74, 6) is -0.116. The van der Waals surface area contributed by atoms with E-state index >= 15 is 0 Å². The number of ether oxygens (including phenoxy) is 1. The minimum Gasteiger partial charge on any atom is -0.507 e. The highest BCUT2D eigenvalue weighted by Gasteiger charge is 2.17. The van der Waals surface area contributed by atoms with Crippen molar-refractivity contribution in [1.29, 1.82) is 0 Å². The summed E-state index contributed by atoms with van der Waals surface area (Å²) in [5, 5.41) is 13.1. The number of aromatic nitrogens is 4. The van der Waals surface area contributed by atoms with E-state index in [2.05, 4.69) is 50.4 Å². The summed E-state index contributed by atoms with van der Waals surface area (Å²) in [5.41, 5.74) is 9.84. The maximum Gasteiger partial charge on any atom is 0.262 e. The van der Waals surface area contributed by atoms with E-state index in [9.17, 15) is 19.1 Å². The summed E-state index contributed by atoms with van der Waals surface area (Å²) in [7, 11) is 0. The Labute approximate surface area is 271 Å². The second kappa shape index (κ2) is 14.3. The van der Waals surface area contributed by atoms with Crippen LogP contribution in [0.3, 0.4) is 0 Å². The molecule has 0 saturated carbocycles. The molecule has 1 amide bonds. The van der Waals surface area contributed by atoms with E-state index < -0.39 is 0 Å². The third-order valence-corrected chi connectivity index (χ3v) is 8.25. The fourth-order valence-corrected chi connectivity index (χ4v) is 5.74. The Morgan fingerprint density at radius 3 is 2.46 bits per heavy atom. The van der Waals surface area contributed by atoms with Crippen LogP contribution in [0.5, 0.6) is 11.5 Å². The number of benzene rings is 3. The van der Waals surface area contributed by atoms with Crippen molar-refractivity contribution in [2.24, 2.45) is 0 Å². The van der Waals surface area contributed by atoms with Crippen LogP contribution in [0.4, 0.5) is 10.1 Å². The fraction of sp³-hybridized carbons (Fsp3) is 0.147. The predicted octanol–water partition coefficient (Wildman–Crippen LogP) is 7.61. The summed E-state index contributed by atoms with van der Waals surface area (Å²) in [6, 6.07) is 18.1. The second-order valence-electron chi connectivity index (χ2n) is 10.5. The molecule has 4 aromatic heterocycles. The van der Waals surface area contributed by atoms with Gasteiger partial charge in [-0.25, -0.2) is 19.3 Å². The lowest BCUT2D eigenvalue weighted by Crippen LogP contribution is -2.25. The number of amides is 1. The molecule has 7 aromatic rings. The molecule has 3 N–H and O–H groups in total. The first-order valence-corrected chi connectivity index (χ1v) is 15.8. The molecule has 0 unspecified atom stereocenters. The number of phenolic OH excluding ortho intramolecular Hbond substituents is 1. The molecular weight excluding hydrogens is 626 g/mol. The largest absolute Gasteiger partial charge is 0.507 e. The number of fused-ring (bicyclic) bond motifs is 4. The highest BCUT2D eigenvalue weighted by Crippen LogP contribution is 2.30. The number of carbonyl (C=O) groups excluding carboxylic acids is 1. The van der Waals surface area contributed by atoms with E-state index in [0.717, 1.165) is 26.9 Å². The zero-order chi connectivity index (χ0) is 32.8. The van der Waals surface area contributed by atoms with Crippen LogP contribution >= 0.6 is 22.7 Å². The molecule has 3 aromatic carbocycles. The zero-order valence-electron chi connectivity index (χ0n) is 25.4. The molecule has 234 valence electrons. The first-order valence-electron chi connectivity index (χ1n) is 14.1. The van der Waals surface area contributed by atoms with Gasteiger partial charge in [0.25, 0.3) is 11.5 Å². The number of anilines is 1. The summed E-state index contributed by atoms with van der Waals surface area (Å²) in [4.78, 5) is 38.5. The van der Waals surface area contributed by atoms with Gasteiger partial charge in [0.15, 0.2) is 6.61 Å². The Bertz CT molecular complexity index is 2160. The number of H-pyrrole nitrogens is 1.